The van der Waals surface area contributed by atoms with Gasteiger partial charge in [0.25, 0.3) is 0 Å². The number of nitro benzene ring substituents is 1. The van der Waals surface area contributed by atoms with E-state index < -0.39 is 25.5 Å². The van der Waals surface area contributed by atoms with E-state index in [1.807, 2.05) is 11.8 Å². The Morgan fingerprint density at radius 1 is 1.45 bits per heavy atom. The van der Waals surface area contributed by atoms with Crippen LogP contribution in [0.2, 0.25) is 16.6 Å². The average molecular weight is 342 g/mol. The Kier molecular flexibility index (Phi) is 6.01. The molecule has 0 aromatic heterocycles. The number of aromatic carboxylic acids is 1. The molecule has 0 aliphatic heterocycles. The zero-order chi connectivity index (χ0) is 15.3. The van der Waals surface area contributed by atoms with Crippen molar-refractivity contribution in [1.82, 2.24) is 0 Å². The van der Waals surface area contributed by atoms with Gasteiger partial charge in [-0.2, -0.15) is 0 Å². The van der Waals surface area contributed by atoms with Gasteiger partial charge in [-0.1, -0.05) is 0 Å². The van der Waals surface area contributed by atoms with Crippen molar-refractivity contribution in [3.63, 3.8) is 0 Å². The van der Waals surface area contributed by atoms with Crippen molar-refractivity contribution < 1.29 is 14.8 Å². The Hall–Kier alpha value is -1.55. The van der Waals surface area contributed by atoms with Gasteiger partial charge >= 0.3 is 122 Å². The number of carboxylic acid groups (broad SMARTS) is 1. The summed E-state index contributed by atoms with van der Waals surface area (Å²) >= 11 is -0.754. The number of carboxylic acids is 1. The molecule has 20 heavy (non-hydrogen) atoms. The Balaban J connectivity index is 3.09. The first-order chi connectivity index (χ1) is 9.36. The van der Waals surface area contributed by atoms with E-state index in [1.165, 1.54) is 12.1 Å². The number of hydrogen-bond donors (Lipinski definition) is 1. The monoisotopic (exact) mass is 342 g/mol. The minimum atomic E-state index is -1.28. The standard InChI is InChI=1S/C13H19AsN2O4/c1-4-15(8-7-14(2)3)10-5-6-11(13(17)18)12(9-10)16(19)20/h5-6,9H,4,7-8H2,1-3H3,(H,17,18). The molecule has 0 heterocycles. The van der Waals surface area contributed by atoms with E-state index in [0.29, 0.717) is 5.69 Å². The quantitative estimate of drug-likeness (QED) is 0.468. The van der Waals surface area contributed by atoms with Crippen molar-refractivity contribution in [1.29, 1.82) is 0 Å². The van der Waals surface area contributed by atoms with Crippen molar-refractivity contribution in [3.8, 4) is 0 Å². The van der Waals surface area contributed by atoms with Gasteiger partial charge in [-0.3, -0.25) is 0 Å². The predicted octanol–water partition coefficient (Wildman–Crippen LogP) is 2.87. The molecule has 1 aromatic carbocycles. The molecule has 0 unspecified atom stereocenters. The fourth-order valence-corrected chi connectivity index (χ4v) is 3.18. The summed E-state index contributed by atoms with van der Waals surface area (Å²) in [5, 5.41) is 21.1. The second-order valence-corrected chi connectivity index (χ2v) is 10.1. The van der Waals surface area contributed by atoms with Gasteiger partial charge < -0.3 is 0 Å². The third kappa shape index (κ3) is 4.23. The Bertz CT molecular complexity index is 505. The Morgan fingerprint density at radius 3 is 2.55 bits per heavy atom. The summed E-state index contributed by atoms with van der Waals surface area (Å²) in [5.74, 6) is -1.28. The zero-order valence-electron chi connectivity index (χ0n) is 11.9. The summed E-state index contributed by atoms with van der Waals surface area (Å²) in [7, 11) is 0. The van der Waals surface area contributed by atoms with Crippen LogP contribution in [-0.4, -0.2) is 43.7 Å². The molecule has 0 spiro atoms. The van der Waals surface area contributed by atoms with E-state index in [-0.39, 0.29) is 11.3 Å². The molecule has 0 amide bonds. The van der Waals surface area contributed by atoms with Crippen LogP contribution in [0.4, 0.5) is 11.4 Å². The van der Waals surface area contributed by atoms with Crippen LogP contribution in [0.25, 0.3) is 0 Å². The van der Waals surface area contributed by atoms with Gasteiger partial charge in [-0.15, -0.1) is 0 Å². The second kappa shape index (κ2) is 7.29. The van der Waals surface area contributed by atoms with Gasteiger partial charge in [-0.05, 0) is 0 Å². The predicted molar refractivity (Wildman–Crippen MR) is 80.2 cm³/mol. The Labute approximate surface area is 122 Å². The number of rotatable bonds is 7. The number of hydrogen-bond acceptors (Lipinski definition) is 4. The molecule has 0 aliphatic rings. The molecule has 110 valence electrons. The van der Waals surface area contributed by atoms with Crippen LogP contribution >= 0.6 is 0 Å². The molecule has 7 heteroatoms. The summed E-state index contributed by atoms with van der Waals surface area (Å²) in [6, 6.07) is 4.31. The molecule has 0 aliphatic carbocycles. The van der Waals surface area contributed by atoms with Crippen LogP contribution in [0.15, 0.2) is 18.2 Å². The molecule has 1 rings (SSSR count). The van der Waals surface area contributed by atoms with Crippen LogP contribution < -0.4 is 4.90 Å². The first kappa shape index (κ1) is 16.5. The summed E-state index contributed by atoms with van der Waals surface area (Å²) < 4.78 is 0. The minimum absolute atomic E-state index is 0.270. The van der Waals surface area contributed by atoms with Gasteiger partial charge in [0.15, 0.2) is 0 Å². The van der Waals surface area contributed by atoms with E-state index in [4.69, 9.17) is 5.11 Å². The molecule has 0 bridgehead atoms. The first-order valence-corrected chi connectivity index (χ1v) is 11.4. The summed E-state index contributed by atoms with van der Waals surface area (Å²) in [6.07, 6.45) is 0. The van der Waals surface area contributed by atoms with Crippen molar-refractivity contribution in [3.05, 3.63) is 33.9 Å². The maximum absolute atomic E-state index is 11.0. The number of carbonyl (C=O) groups is 1. The van der Waals surface area contributed by atoms with E-state index in [2.05, 4.69) is 11.4 Å². The van der Waals surface area contributed by atoms with Crippen molar-refractivity contribution in [2.75, 3.05) is 18.0 Å². The topological polar surface area (TPSA) is 83.7 Å². The molecule has 6 nitrogen and oxygen atoms in total. The molecule has 0 fully saturated rings. The molecule has 0 saturated carbocycles. The fourth-order valence-electron chi connectivity index (χ4n) is 1.84. The van der Waals surface area contributed by atoms with Gasteiger partial charge in [-0.25, -0.2) is 0 Å². The summed E-state index contributed by atoms with van der Waals surface area (Å²) in [6.45, 7) is 3.58. The van der Waals surface area contributed by atoms with Crippen molar-refractivity contribution in [2.24, 2.45) is 0 Å². The molecule has 0 atom stereocenters. The number of nitro groups is 1. The normalized spacial score (nSPS) is 10.6. The fraction of sp³-hybridized carbons (Fsp3) is 0.462. The van der Waals surface area contributed by atoms with Crippen LogP contribution in [0.5, 0.6) is 0 Å². The van der Waals surface area contributed by atoms with Gasteiger partial charge in [0.05, 0.1) is 0 Å². The average Bonchev–Trinajstić information content (AvgIpc) is 2.38. The second-order valence-electron chi connectivity index (χ2n) is 4.65. The van der Waals surface area contributed by atoms with Crippen LogP contribution in [0, 0.1) is 10.1 Å². The molecule has 1 aromatic rings. The van der Waals surface area contributed by atoms with E-state index in [1.54, 1.807) is 6.07 Å². The summed E-state index contributed by atoms with van der Waals surface area (Å²) in [5.41, 5.74) is 4.61. The maximum atomic E-state index is 11.0. The molecule has 0 saturated heterocycles. The summed E-state index contributed by atoms with van der Waals surface area (Å²) in [4.78, 5) is 23.4. The van der Waals surface area contributed by atoms with E-state index in [9.17, 15) is 14.9 Å². The molecular weight excluding hydrogens is 323 g/mol. The Morgan fingerprint density at radius 2 is 2.10 bits per heavy atom. The molecule has 0 radical (unpaired) electrons. The molecule has 1 N–H and O–H groups in total. The van der Waals surface area contributed by atoms with Crippen molar-refractivity contribution in [2.45, 2.75) is 23.6 Å². The number of benzene rings is 1. The van der Waals surface area contributed by atoms with Gasteiger partial charge in [0.2, 0.25) is 0 Å². The van der Waals surface area contributed by atoms with Crippen LogP contribution in [-0.2, 0) is 0 Å². The third-order valence-electron chi connectivity index (χ3n) is 2.97. The van der Waals surface area contributed by atoms with Gasteiger partial charge in [0.1, 0.15) is 0 Å². The zero-order valence-corrected chi connectivity index (χ0v) is 13.7. The number of nitrogens with zero attached hydrogens (tertiary/aromatic N) is 2. The first-order valence-electron chi connectivity index (χ1n) is 6.28. The van der Waals surface area contributed by atoms with Crippen LogP contribution in [0.1, 0.15) is 17.3 Å². The third-order valence-corrected chi connectivity index (χ3v) is 5.27. The van der Waals surface area contributed by atoms with Crippen LogP contribution in [0.3, 0.4) is 0 Å². The molecular formula is C13H19AsN2O4. The van der Waals surface area contributed by atoms with Gasteiger partial charge in [0, 0.05) is 0 Å². The van der Waals surface area contributed by atoms with Crippen molar-refractivity contribution >= 4 is 32.0 Å². The number of anilines is 1. The van der Waals surface area contributed by atoms with E-state index in [0.717, 1.165) is 18.3 Å². The van der Waals surface area contributed by atoms with E-state index >= 15 is 0 Å². The SMILES string of the molecule is CCN(CC[As](C)C)c1ccc(C(=O)O)c([N+](=O)[O-])c1.